The summed E-state index contributed by atoms with van der Waals surface area (Å²) in [6.07, 6.45) is 2.61. The number of likely N-dealkylation sites (N-methyl/N-ethyl adjacent to an activating group) is 1. The molecule has 0 bridgehead atoms. The Labute approximate surface area is 109 Å². The predicted molar refractivity (Wildman–Crippen MR) is 73.1 cm³/mol. The Morgan fingerprint density at radius 2 is 2.33 bits per heavy atom. The molecule has 0 aromatic heterocycles. The number of hydrogen-bond donors (Lipinski definition) is 1. The Morgan fingerprint density at radius 3 is 2.89 bits per heavy atom. The molecule has 2 rings (SSSR count). The molecule has 100 valence electrons. The third kappa shape index (κ3) is 2.85. The molecule has 0 radical (unpaired) electrons. The first-order chi connectivity index (χ1) is 8.76. The lowest BCUT2D eigenvalue weighted by molar-refractivity contribution is 0.0786. The molecular formula is C15H23NO2. The van der Waals surface area contributed by atoms with Gasteiger partial charge in [0.15, 0.2) is 0 Å². The summed E-state index contributed by atoms with van der Waals surface area (Å²) in [4.78, 5) is 0. The number of benzene rings is 1. The highest BCUT2D eigenvalue weighted by Gasteiger charge is 2.27. The Morgan fingerprint density at radius 1 is 1.50 bits per heavy atom. The lowest BCUT2D eigenvalue weighted by Gasteiger charge is -2.26. The molecule has 1 heterocycles. The van der Waals surface area contributed by atoms with E-state index in [0.717, 1.165) is 25.3 Å². The summed E-state index contributed by atoms with van der Waals surface area (Å²) >= 11 is 0. The van der Waals surface area contributed by atoms with Crippen LogP contribution in [0.15, 0.2) is 18.2 Å². The van der Waals surface area contributed by atoms with Crippen LogP contribution in [0.25, 0.3) is 0 Å². The van der Waals surface area contributed by atoms with E-state index in [1.807, 2.05) is 6.07 Å². The van der Waals surface area contributed by atoms with Crippen LogP contribution in [0.1, 0.15) is 36.9 Å². The highest BCUT2D eigenvalue weighted by Crippen LogP contribution is 2.30. The molecule has 3 nitrogen and oxygen atoms in total. The van der Waals surface area contributed by atoms with Crippen LogP contribution in [-0.2, 0) is 4.74 Å². The Kier molecular flexibility index (Phi) is 4.61. The SMILES string of the molecule is CCNC(c1ccc(OC)cc1C)C1CCCO1. The van der Waals surface area contributed by atoms with Crippen LogP contribution in [0.4, 0.5) is 0 Å². The molecule has 0 saturated carbocycles. The number of methoxy groups -OCH3 is 1. The van der Waals surface area contributed by atoms with Gasteiger partial charge in [-0.2, -0.15) is 0 Å². The monoisotopic (exact) mass is 249 g/mol. The average Bonchev–Trinajstić information content (AvgIpc) is 2.90. The summed E-state index contributed by atoms with van der Waals surface area (Å²) in [7, 11) is 1.70. The van der Waals surface area contributed by atoms with Crippen LogP contribution in [0, 0.1) is 6.92 Å². The average molecular weight is 249 g/mol. The first kappa shape index (κ1) is 13.4. The smallest absolute Gasteiger partial charge is 0.119 e. The largest absolute Gasteiger partial charge is 0.497 e. The summed E-state index contributed by atoms with van der Waals surface area (Å²) in [5.41, 5.74) is 2.58. The maximum atomic E-state index is 5.84. The van der Waals surface area contributed by atoms with Gasteiger partial charge in [-0.3, -0.25) is 0 Å². The molecule has 1 aliphatic rings. The fourth-order valence-corrected chi connectivity index (χ4v) is 2.65. The van der Waals surface area contributed by atoms with E-state index >= 15 is 0 Å². The van der Waals surface area contributed by atoms with Gasteiger partial charge in [0.25, 0.3) is 0 Å². The van der Waals surface area contributed by atoms with Crippen molar-refractivity contribution in [2.75, 3.05) is 20.3 Å². The molecule has 2 unspecified atom stereocenters. The Bertz CT molecular complexity index is 386. The minimum atomic E-state index is 0.295. The predicted octanol–water partition coefficient (Wildman–Crippen LogP) is 2.83. The second kappa shape index (κ2) is 6.21. The summed E-state index contributed by atoms with van der Waals surface area (Å²) < 4.78 is 11.1. The number of nitrogens with one attached hydrogen (secondary N) is 1. The van der Waals surface area contributed by atoms with Crippen molar-refractivity contribution in [1.82, 2.24) is 5.32 Å². The number of aryl methyl sites for hydroxylation is 1. The summed E-state index contributed by atoms with van der Waals surface area (Å²) in [5.74, 6) is 0.916. The summed E-state index contributed by atoms with van der Waals surface area (Å²) in [5, 5.41) is 3.55. The zero-order valence-corrected chi connectivity index (χ0v) is 11.5. The van der Waals surface area contributed by atoms with Crippen molar-refractivity contribution in [1.29, 1.82) is 0 Å². The molecule has 1 fully saturated rings. The number of rotatable bonds is 5. The van der Waals surface area contributed by atoms with Gasteiger partial charge >= 0.3 is 0 Å². The van der Waals surface area contributed by atoms with Crippen molar-refractivity contribution in [2.24, 2.45) is 0 Å². The van der Waals surface area contributed by atoms with Crippen molar-refractivity contribution in [3.63, 3.8) is 0 Å². The molecule has 1 N–H and O–H groups in total. The maximum absolute atomic E-state index is 5.84. The first-order valence-corrected chi connectivity index (χ1v) is 6.75. The highest BCUT2D eigenvalue weighted by atomic mass is 16.5. The Balaban J connectivity index is 2.23. The molecule has 0 aliphatic carbocycles. The molecule has 1 saturated heterocycles. The van der Waals surface area contributed by atoms with Gasteiger partial charge in [-0.15, -0.1) is 0 Å². The van der Waals surface area contributed by atoms with Gasteiger partial charge in [0.05, 0.1) is 19.3 Å². The molecule has 1 aromatic rings. The van der Waals surface area contributed by atoms with Crippen LogP contribution >= 0.6 is 0 Å². The van der Waals surface area contributed by atoms with E-state index in [4.69, 9.17) is 9.47 Å². The van der Waals surface area contributed by atoms with Gasteiger partial charge in [-0.25, -0.2) is 0 Å². The van der Waals surface area contributed by atoms with Crippen molar-refractivity contribution in [3.8, 4) is 5.75 Å². The van der Waals surface area contributed by atoms with E-state index < -0.39 is 0 Å². The van der Waals surface area contributed by atoms with Crippen LogP contribution in [0.5, 0.6) is 5.75 Å². The maximum Gasteiger partial charge on any atom is 0.119 e. The molecule has 2 atom stereocenters. The van der Waals surface area contributed by atoms with Gasteiger partial charge in [0, 0.05) is 6.61 Å². The lowest BCUT2D eigenvalue weighted by atomic mass is 9.95. The molecular weight excluding hydrogens is 226 g/mol. The number of hydrogen-bond acceptors (Lipinski definition) is 3. The molecule has 1 aliphatic heterocycles. The van der Waals surface area contributed by atoms with Crippen LogP contribution in [-0.4, -0.2) is 26.4 Å². The summed E-state index contributed by atoms with van der Waals surface area (Å²) in [6.45, 7) is 6.12. The van der Waals surface area contributed by atoms with E-state index in [1.165, 1.54) is 17.5 Å². The van der Waals surface area contributed by atoms with Gasteiger partial charge in [-0.1, -0.05) is 13.0 Å². The number of ether oxygens (including phenoxy) is 2. The van der Waals surface area contributed by atoms with E-state index in [1.54, 1.807) is 7.11 Å². The second-order valence-electron chi connectivity index (χ2n) is 4.81. The van der Waals surface area contributed by atoms with Crippen molar-refractivity contribution < 1.29 is 9.47 Å². The van der Waals surface area contributed by atoms with E-state index in [-0.39, 0.29) is 0 Å². The van der Waals surface area contributed by atoms with Crippen LogP contribution in [0.2, 0.25) is 0 Å². The molecule has 3 heteroatoms. The molecule has 0 spiro atoms. The molecule has 0 amide bonds. The van der Waals surface area contributed by atoms with Gasteiger partial charge in [0.1, 0.15) is 5.75 Å². The van der Waals surface area contributed by atoms with Gasteiger partial charge in [-0.05, 0) is 49.6 Å². The van der Waals surface area contributed by atoms with E-state index in [0.29, 0.717) is 12.1 Å². The van der Waals surface area contributed by atoms with E-state index in [2.05, 4.69) is 31.3 Å². The Hall–Kier alpha value is -1.06. The third-order valence-corrected chi connectivity index (χ3v) is 3.57. The third-order valence-electron chi connectivity index (χ3n) is 3.57. The topological polar surface area (TPSA) is 30.5 Å². The minimum Gasteiger partial charge on any atom is -0.497 e. The normalized spacial score (nSPS) is 20.9. The fraction of sp³-hybridized carbons (Fsp3) is 0.600. The van der Waals surface area contributed by atoms with Crippen LogP contribution < -0.4 is 10.1 Å². The first-order valence-electron chi connectivity index (χ1n) is 6.75. The molecule has 1 aromatic carbocycles. The van der Waals surface area contributed by atoms with Gasteiger partial charge in [0.2, 0.25) is 0 Å². The van der Waals surface area contributed by atoms with Gasteiger partial charge < -0.3 is 14.8 Å². The van der Waals surface area contributed by atoms with Crippen LogP contribution in [0.3, 0.4) is 0 Å². The zero-order valence-electron chi connectivity index (χ0n) is 11.5. The van der Waals surface area contributed by atoms with E-state index in [9.17, 15) is 0 Å². The minimum absolute atomic E-state index is 0.295. The fourth-order valence-electron chi connectivity index (χ4n) is 2.65. The van der Waals surface area contributed by atoms with Crippen molar-refractivity contribution in [2.45, 2.75) is 38.8 Å². The second-order valence-corrected chi connectivity index (χ2v) is 4.81. The standard InChI is InChI=1S/C15H23NO2/c1-4-16-15(14-6-5-9-18-14)13-8-7-12(17-3)10-11(13)2/h7-8,10,14-16H,4-6,9H2,1-3H3. The van der Waals surface area contributed by atoms with Crippen molar-refractivity contribution >= 4 is 0 Å². The lowest BCUT2D eigenvalue weighted by Crippen LogP contribution is -2.32. The van der Waals surface area contributed by atoms with Crippen molar-refractivity contribution in [3.05, 3.63) is 29.3 Å². The molecule has 18 heavy (non-hydrogen) atoms. The summed E-state index contributed by atoms with van der Waals surface area (Å²) in [6, 6.07) is 6.57. The zero-order chi connectivity index (χ0) is 13.0. The quantitative estimate of drug-likeness (QED) is 0.870. The highest BCUT2D eigenvalue weighted by molar-refractivity contribution is 5.37.